The molecule has 35 heavy (non-hydrogen) atoms. The number of carbonyl (C=O) groups excluding carboxylic acids is 2. The van der Waals surface area contributed by atoms with Crippen LogP contribution in [0.1, 0.15) is 33.7 Å². The number of nitrogens with zero attached hydrogens (tertiary/aromatic N) is 4. The monoisotopic (exact) mass is 467 g/mol. The minimum atomic E-state index is -0.666. The lowest BCUT2D eigenvalue weighted by Crippen LogP contribution is -2.48. The highest BCUT2D eigenvalue weighted by atomic mass is 16.2. The van der Waals surface area contributed by atoms with Crippen LogP contribution in [0.3, 0.4) is 0 Å². The molecule has 1 fully saturated rings. The van der Waals surface area contributed by atoms with Crippen molar-refractivity contribution in [1.29, 1.82) is 0 Å². The van der Waals surface area contributed by atoms with Gasteiger partial charge in [0.25, 0.3) is 11.8 Å². The zero-order valence-electron chi connectivity index (χ0n) is 19.0. The van der Waals surface area contributed by atoms with E-state index in [1.807, 2.05) is 48.5 Å². The number of nitrogens with one attached hydrogen (secondary N) is 2. The molecule has 9 nitrogen and oxygen atoms in total. The average Bonchev–Trinajstić information content (AvgIpc) is 2.89. The largest absolute Gasteiger partial charge is 0.364 e. The Morgan fingerprint density at radius 3 is 2.71 bits per heavy atom. The van der Waals surface area contributed by atoms with Crippen LogP contribution >= 0.6 is 0 Å². The molecule has 0 saturated carbocycles. The second-order valence-corrected chi connectivity index (χ2v) is 8.45. The third-order valence-corrected chi connectivity index (χ3v) is 5.98. The predicted molar refractivity (Wildman–Crippen MR) is 135 cm³/mol. The van der Waals surface area contributed by atoms with Crippen LogP contribution < -0.4 is 21.3 Å². The number of benzene rings is 2. The fraction of sp³-hybridized carbons (Fsp3) is 0.192. The maximum Gasteiger partial charge on any atom is 0.271 e. The number of hydrogen-bond acceptors (Lipinski definition) is 7. The molecular formula is C26H25N7O2. The molecule has 5 rings (SSSR count). The average molecular weight is 468 g/mol. The SMILES string of the molecule is NC(=O)c1ncc(N2CCCC(NC(=O)c3ccccc3)C2)nc1Nc1ccc2ncccc2c1. The lowest BCUT2D eigenvalue weighted by atomic mass is 10.0. The number of carbonyl (C=O) groups is 2. The zero-order chi connectivity index (χ0) is 24.2. The predicted octanol–water partition coefficient (Wildman–Crippen LogP) is 3.27. The smallest absolute Gasteiger partial charge is 0.271 e. The normalized spacial score (nSPS) is 15.5. The van der Waals surface area contributed by atoms with Crippen LogP contribution in [0.15, 0.2) is 73.1 Å². The van der Waals surface area contributed by atoms with Crippen LogP contribution in [0.4, 0.5) is 17.3 Å². The van der Waals surface area contributed by atoms with E-state index in [0.29, 0.717) is 17.9 Å². The van der Waals surface area contributed by atoms with Gasteiger partial charge in [-0.1, -0.05) is 24.3 Å². The maximum absolute atomic E-state index is 12.6. The van der Waals surface area contributed by atoms with Crippen LogP contribution in [0.25, 0.3) is 10.9 Å². The first kappa shape index (κ1) is 22.3. The molecule has 2 aromatic heterocycles. The summed E-state index contributed by atoms with van der Waals surface area (Å²) in [5.41, 5.74) is 7.87. The van der Waals surface area contributed by atoms with E-state index >= 15 is 0 Å². The summed E-state index contributed by atoms with van der Waals surface area (Å²) in [6.07, 6.45) is 5.05. The summed E-state index contributed by atoms with van der Waals surface area (Å²) in [6.45, 7) is 1.35. The Morgan fingerprint density at radius 2 is 1.89 bits per heavy atom. The van der Waals surface area contributed by atoms with Crippen molar-refractivity contribution >= 4 is 40.0 Å². The van der Waals surface area contributed by atoms with Gasteiger partial charge in [0.05, 0.1) is 11.7 Å². The molecule has 1 aliphatic heterocycles. The number of aromatic nitrogens is 3. The number of fused-ring (bicyclic) bond motifs is 1. The van der Waals surface area contributed by atoms with Gasteiger partial charge in [0, 0.05) is 42.0 Å². The molecule has 1 unspecified atom stereocenters. The van der Waals surface area contributed by atoms with Crippen molar-refractivity contribution < 1.29 is 9.59 Å². The Balaban J connectivity index is 1.36. The Morgan fingerprint density at radius 1 is 1.03 bits per heavy atom. The van der Waals surface area contributed by atoms with E-state index < -0.39 is 5.91 Å². The third-order valence-electron chi connectivity index (χ3n) is 5.98. The number of pyridine rings is 1. The van der Waals surface area contributed by atoms with E-state index in [4.69, 9.17) is 5.73 Å². The van der Waals surface area contributed by atoms with Crippen LogP contribution in [0.2, 0.25) is 0 Å². The summed E-state index contributed by atoms with van der Waals surface area (Å²) < 4.78 is 0. The molecule has 0 bridgehead atoms. The van der Waals surface area contributed by atoms with Gasteiger partial charge in [-0.2, -0.15) is 0 Å². The summed E-state index contributed by atoms with van der Waals surface area (Å²) in [6, 6.07) is 18.7. The lowest BCUT2D eigenvalue weighted by molar-refractivity contribution is 0.0932. The highest BCUT2D eigenvalue weighted by molar-refractivity contribution is 5.97. The summed E-state index contributed by atoms with van der Waals surface area (Å²) in [5.74, 6) is 0.133. The number of primary amides is 1. The molecule has 3 heterocycles. The van der Waals surface area contributed by atoms with E-state index in [1.54, 1.807) is 24.5 Å². The molecule has 1 atom stereocenters. The number of piperidine rings is 1. The summed E-state index contributed by atoms with van der Waals surface area (Å²) in [7, 11) is 0. The van der Waals surface area contributed by atoms with Crippen LogP contribution in [0, 0.1) is 0 Å². The molecule has 4 N–H and O–H groups in total. The van der Waals surface area contributed by atoms with Gasteiger partial charge in [-0.15, -0.1) is 0 Å². The number of rotatable bonds is 6. The van der Waals surface area contributed by atoms with Gasteiger partial charge in [-0.05, 0) is 49.2 Å². The molecule has 2 aromatic carbocycles. The van der Waals surface area contributed by atoms with Gasteiger partial charge in [0.15, 0.2) is 11.5 Å². The van der Waals surface area contributed by atoms with Crippen molar-refractivity contribution in [3.05, 3.63) is 84.3 Å². The molecule has 176 valence electrons. The highest BCUT2D eigenvalue weighted by Crippen LogP contribution is 2.25. The molecular weight excluding hydrogens is 442 g/mol. The minimum absolute atomic E-state index is 0.0292. The Bertz CT molecular complexity index is 1380. The molecule has 9 heteroatoms. The highest BCUT2D eigenvalue weighted by Gasteiger charge is 2.24. The second-order valence-electron chi connectivity index (χ2n) is 8.45. The molecule has 0 aliphatic carbocycles. The Hall–Kier alpha value is -4.53. The number of nitrogens with two attached hydrogens (primary N) is 1. The molecule has 4 aromatic rings. The van der Waals surface area contributed by atoms with Crippen molar-refractivity contribution in [1.82, 2.24) is 20.3 Å². The van der Waals surface area contributed by atoms with Gasteiger partial charge in [-0.25, -0.2) is 9.97 Å². The molecule has 2 amide bonds. The molecule has 0 radical (unpaired) electrons. The fourth-order valence-corrected chi connectivity index (χ4v) is 4.25. The molecule has 0 spiro atoms. The summed E-state index contributed by atoms with van der Waals surface area (Å²) in [5, 5.41) is 7.26. The van der Waals surface area contributed by atoms with E-state index in [9.17, 15) is 9.59 Å². The van der Waals surface area contributed by atoms with Crippen LogP contribution in [-0.4, -0.2) is 45.9 Å². The van der Waals surface area contributed by atoms with Crippen molar-refractivity contribution in [2.75, 3.05) is 23.3 Å². The maximum atomic E-state index is 12.6. The fourth-order valence-electron chi connectivity index (χ4n) is 4.25. The number of amides is 2. The standard InChI is InChI=1S/C26H25N7O2/c27-24(34)23-25(30-19-10-11-21-18(14-19)8-4-12-28-21)32-22(15-29-23)33-13-5-9-20(16-33)31-26(35)17-6-2-1-3-7-17/h1-4,6-8,10-12,14-15,20H,5,9,13,16H2,(H2,27,34)(H,30,32)(H,31,35). The van der Waals surface area contributed by atoms with Crippen molar-refractivity contribution in [3.63, 3.8) is 0 Å². The van der Waals surface area contributed by atoms with Gasteiger partial charge in [0.1, 0.15) is 5.82 Å². The zero-order valence-corrected chi connectivity index (χ0v) is 19.0. The molecule has 1 aliphatic rings. The van der Waals surface area contributed by atoms with Gasteiger partial charge < -0.3 is 21.3 Å². The molecule has 1 saturated heterocycles. The first-order chi connectivity index (χ1) is 17.1. The third kappa shape index (κ3) is 5.03. The van der Waals surface area contributed by atoms with Gasteiger partial charge in [-0.3, -0.25) is 14.6 Å². The summed E-state index contributed by atoms with van der Waals surface area (Å²) >= 11 is 0. The topological polar surface area (TPSA) is 126 Å². The van der Waals surface area contributed by atoms with E-state index in [1.165, 1.54) is 0 Å². The first-order valence-corrected chi connectivity index (χ1v) is 11.5. The van der Waals surface area contributed by atoms with E-state index in [2.05, 4.69) is 30.5 Å². The van der Waals surface area contributed by atoms with Crippen molar-refractivity contribution in [3.8, 4) is 0 Å². The van der Waals surface area contributed by atoms with E-state index in [0.717, 1.165) is 36.0 Å². The number of anilines is 3. The van der Waals surface area contributed by atoms with Gasteiger partial charge >= 0.3 is 0 Å². The Kier molecular flexibility index (Phi) is 6.21. The van der Waals surface area contributed by atoms with Crippen LogP contribution in [-0.2, 0) is 0 Å². The van der Waals surface area contributed by atoms with Crippen LogP contribution in [0.5, 0.6) is 0 Å². The lowest BCUT2D eigenvalue weighted by Gasteiger charge is -2.34. The first-order valence-electron chi connectivity index (χ1n) is 11.5. The minimum Gasteiger partial charge on any atom is -0.364 e. The van der Waals surface area contributed by atoms with E-state index in [-0.39, 0.29) is 23.5 Å². The van der Waals surface area contributed by atoms with Crippen molar-refractivity contribution in [2.24, 2.45) is 5.73 Å². The second kappa shape index (κ2) is 9.76. The Labute approximate surface area is 202 Å². The van der Waals surface area contributed by atoms with Gasteiger partial charge in [0.2, 0.25) is 0 Å². The number of hydrogen-bond donors (Lipinski definition) is 3. The van der Waals surface area contributed by atoms with Crippen molar-refractivity contribution in [2.45, 2.75) is 18.9 Å². The quantitative estimate of drug-likeness (QED) is 0.397. The summed E-state index contributed by atoms with van der Waals surface area (Å²) in [4.78, 5) is 40.0.